The number of hydrogen-bond donors (Lipinski definition) is 1. The molecule has 25 heavy (non-hydrogen) atoms. The first-order chi connectivity index (χ1) is 11.9. The summed E-state index contributed by atoms with van der Waals surface area (Å²) in [6.07, 6.45) is 2.96. The van der Waals surface area contributed by atoms with E-state index in [1.54, 1.807) is 43.3 Å². The predicted molar refractivity (Wildman–Crippen MR) is 96.7 cm³/mol. The van der Waals surface area contributed by atoms with Gasteiger partial charge in [0.05, 0.1) is 18.1 Å². The largest absolute Gasteiger partial charge is 0.496 e. The highest BCUT2D eigenvalue weighted by atomic mass is 35.5. The van der Waals surface area contributed by atoms with Crippen molar-refractivity contribution >= 4 is 29.3 Å². The molecule has 1 amide bonds. The van der Waals surface area contributed by atoms with Gasteiger partial charge in [0.2, 0.25) is 5.91 Å². The molecular formula is C18H17ClN2O4. The highest BCUT2D eigenvalue weighted by Crippen LogP contribution is 2.24. The molecule has 0 saturated heterocycles. The molecule has 0 aromatic heterocycles. The lowest BCUT2D eigenvalue weighted by Gasteiger charge is -2.12. The fourth-order valence-corrected chi connectivity index (χ4v) is 2.43. The molecule has 1 unspecified atom stereocenters. The molecular weight excluding hydrogens is 344 g/mol. The minimum absolute atomic E-state index is 0.0159. The molecule has 2 aromatic carbocycles. The lowest BCUT2D eigenvalue weighted by Crippen LogP contribution is -2.24. The van der Waals surface area contributed by atoms with Crippen LogP contribution in [-0.2, 0) is 4.79 Å². The van der Waals surface area contributed by atoms with Gasteiger partial charge in [0.25, 0.3) is 5.69 Å². The molecule has 0 saturated carbocycles. The summed E-state index contributed by atoms with van der Waals surface area (Å²) in [6, 6.07) is 10.9. The Morgan fingerprint density at radius 1 is 1.32 bits per heavy atom. The van der Waals surface area contributed by atoms with Gasteiger partial charge in [-0.05, 0) is 36.8 Å². The third kappa shape index (κ3) is 5.06. The topological polar surface area (TPSA) is 81.5 Å². The Kier molecular flexibility index (Phi) is 6.14. The maximum Gasteiger partial charge on any atom is 0.269 e. The number of methoxy groups -OCH3 is 1. The van der Waals surface area contributed by atoms with Gasteiger partial charge in [-0.3, -0.25) is 14.9 Å². The molecule has 7 heteroatoms. The number of ether oxygens (including phenoxy) is 1. The number of carbonyl (C=O) groups excluding carboxylic acids is 1. The van der Waals surface area contributed by atoms with Gasteiger partial charge in [-0.2, -0.15) is 0 Å². The van der Waals surface area contributed by atoms with Gasteiger partial charge in [0, 0.05) is 28.8 Å². The van der Waals surface area contributed by atoms with Gasteiger partial charge in [-0.15, -0.1) is 0 Å². The van der Waals surface area contributed by atoms with Gasteiger partial charge in [0.15, 0.2) is 0 Å². The second kappa shape index (κ2) is 8.30. The molecule has 6 nitrogen and oxygen atoms in total. The third-order valence-electron chi connectivity index (χ3n) is 3.55. The summed E-state index contributed by atoms with van der Waals surface area (Å²) in [5.74, 6) is 0.265. The molecule has 0 spiro atoms. The van der Waals surface area contributed by atoms with Crippen LogP contribution in [0.5, 0.6) is 5.75 Å². The molecule has 0 aliphatic carbocycles. The average Bonchev–Trinajstić information content (AvgIpc) is 2.60. The Labute approximate surface area is 150 Å². The Bertz CT molecular complexity index is 820. The van der Waals surface area contributed by atoms with Crippen molar-refractivity contribution in [3.05, 3.63) is 74.8 Å². The highest BCUT2D eigenvalue weighted by Gasteiger charge is 2.12. The molecule has 130 valence electrons. The van der Waals surface area contributed by atoms with E-state index in [1.165, 1.54) is 25.3 Å². The second-order valence-electron chi connectivity index (χ2n) is 5.30. The van der Waals surface area contributed by atoms with Crippen molar-refractivity contribution in [2.45, 2.75) is 13.0 Å². The van der Waals surface area contributed by atoms with Crippen molar-refractivity contribution < 1.29 is 14.5 Å². The lowest BCUT2D eigenvalue weighted by atomic mass is 10.1. The Morgan fingerprint density at radius 3 is 2.76 bits per heavy atom. The van der Waals surface area contributed by atoms with Gasteiger partial charge in [-0.25, -0.2) is 0 Å². The van der Waals surface area contributed by atoms with Gasteiger partial charge >= 0.3 is 0 Å². The van der Waals surface area contributed by atoms with Crippen LogP contribution in [0.15, 0.2) is 48.5 Å². The zero-order valence-corrected chi connectivity index (χ0v) is 14.5. The standard InChI is InChI=1S/C18H17ClN2O4/c1-12(13-4-3-5-16(11-13)21(23)24)20-18(22)9-6-14-10-15(19)7-8-17(14)25-2/h3-12H,1-2H3,(H,20,22)/b9-6+. The molecule has 1 atom stereocenters. The van der Waals surface area contributed by atoms with Crippen LogP contribution >= 0.6 is 11.6 Å². The Morgan fingerprint density at radius 2 is 2.08 bits per heavy atom. The molecule has 0 fully saturated rings. The van der Waals surface area contributed by atoms with E-state index < -0.39 is 4.92 Å². The number of nitro groups is 1. The molecule has 0 aliphatic rings. The summed E-state index contributed by atoms with van der Waals surface area (Å²) in [5, 5.41) is 14.1. The Hall–Kier alpha value is -2.86. The van der Waals surface area contributed by atoms with E-state index in [0.717, 1.165) is 0 Å². The van der Waals surface area contributed by atoms with Crippen molar-refractivity contribution in [2.75, 3.05) is 7.11 Å². The van der Waals surface area contributed by atoms with E-state index in [1.807, 2.05) is 0 Å². The van der Waals surface area contributed by atoms with E-state index >= 15 is 0 Å². The quantitative estimate of drug-likeness (QED) is 0.476. The van der Waals surface area contributed by atoms with Crippen molar-refractivity contribution in [3.8, 4) is 5.75 Å². The van der Waals surface area contributed by atoms with E-state index in [9.17, 15) is 14.9 Å². The number of amides is 1. The van der Waals surface area contributed by atoms with Crippen LogP contribution in [-0.4, -0.2) is 17.9 Å². The molecule has 1 N–H and O–H groups in total. The van der Waals surface area contributed by atoms with Crippen molar-refractivity contribution in [3.63, 3.8) is 0 Å². The molecule has 2 aromatic rings. The number of nitrogens with zero attached hydrogens (tertiary/aromatic N) is 1. The normalized spacial score (nSPS) is 12.0. The van der Waals surface area contributed by atoms with Crippen LogP contribution in [0.25, 0.3) is 6.08 Å². The molecule has 0 radical (unpaired) electrons. The van der Waals surface area contributed by atoms with Crippen molar-refractivity contribution in [1.82, 2.24) is 5.32 Å². The van der Waals surface area contributed by atoms with Gasteiger partial charge in [-0.1, -0.05) is 23.7 Å². The van der Waals surface area contributed by atoms with E-state index in [0.29, 0.717) is 21.9 Å². The highest BCUT2D eigenvalue weighted by molar-refractivity contribution is 6.30. The number of nitrogens with one attached hydrogen (secondary N) is 1. The smallest absolute Gasteiger partial charge is 0.269 e. The Balaban J connectivity index is 2.08. The molecule has 0 aliphatic heterocycles. The number of rotatable bonds is 6. The van der Waals surface area contributed by atoms with Crippen LogP contribution in [0.4, 0.5) is 5.69 Å². The van der Waals surface area contributed by atoms with Crippen molar-refractivity contribution in [2.24, 2.45) is 0 Å². The number of non-ortho nitro benzene ring substituents is 1. The summed E-state index contributed by atoms with van der Waals surface area (Å²) in [7, 11) is 1.53. The fraction of sp³-hybridized carbons (Fsp3) is 0.167. The van der Waals surface area contributed by atoms with Gasteiger partial charge < -0.3 is 10.1 Å². The number of hydrogen-bond acceptors (Lipinski definition) is 4. The predicted octanol–water partition coefficient (Wildman–Crippen LogP) is 4.15. The van der Waals surface area contributed by atoms with Crippen LogP contribution < -0.4 is 10.1 Å². The van der Waals surface area contributed by atoms with E-state index in [4.69, 9.17) is 16.3 Å². The van der Waals surface area contributed by atoms with Gasteiger partial charge in [0.1, 0.15) is 5.75 Å². The lowest BCUT2D eigenvalue weighted by molar-refractivity contribution is -0.384. The first kappa shape index (κ1) is 18.5. The molecule has 2 rings (SSSR count). The first-order valence-corrected chi connectivity index (χ1v) is 7.85. The third-order valence-corrected chi connectivity index (χ3v) is 3.78. The van der Waals surface area contributed by atoms with Crippen molar-refractivity contribution in [1.29, 1.82) is 0 Å². The summed E-state index contributed by atoms with van der Waals surface area (Å²) in [5.41, 5.74) is 1.31. The summed E-state index contributed by atoms with van der Waals surface area (Å²) >= 11 is 5.95. The maximum atomic E-state index is 12.1. The summed E-state index contributed by atoms with van der Waals surface area (Å²) < 4.78 is 5.21. The van der Waals surface area contributed by atoms with Crippen LogP contribution in [0.3, 0.4) is 0 Å². The van der Waals surface area contributed by atoms with Crippen LogP contribution in [0.2, 0.25) is 5.02 Å². The summed E-state index contributed by atoms with van der Waals surface area (Å²) in [6.45, 7) is 1.75. The number of benzene rings is 2. The summed E-state index contributed by atoms with van der Waals surface area (Å²) in [4.78, 5) is 22.5. The first-order valence-electron chi connectivity index (χ1n) is 7.47. The second-order valence-corrected chi connectivity index (χ2v) is 5.74. The fourth-order valence-electron chi connectivity index (χ4n) is 2.25. The van der Waals surface area contributed by atoms with E-state index in [-0.39, 0.29) is 17.6 Å². The monoisotopic (exact) mass is 360 g/mol. The molecule has 0 heterocycles. The van der Waals surface area contributed by atoms with E-state index in [2.05, 4.69) is 5.32 Å². The number of halogens is 1. The minimum atomic E-state index is -0.469. The molecule has 0 bridgehead atoms. The van der Waals surface area contributed by atoms with Crippen LogP contribution in [0, 0.1) is 10.1 Å². The zero-order chi connectivity index (χ0) is 18.4. The number of carbonyl (C=O) groups is 1. The SMILES string of the molecule is COc1ccc(Cl)cc1/C=C/C(=O)NC(C)c1cccc([N+](=O)[O-])c1. The average molecular weight is 361 g/mol. The minimum Gasteiger partial charge on any atom is -0.496 e. The maximum absolute atomic E-state index is 12.1. The zero-order valence-electron chi connectivity index (χ0n) is 13.7. The van der Waals surface area contributed by atoms with Crippen LogP contribution in [0.1, 0.15) is 24.1 Å². The number of nitro benzene ring substituents is 1.